The molecule has 4 heteroatoms. The van der Waals surface area contributed by atoms with Gasteiger partial charge >= 0.3 is 0 Å². The Morgan fingerprint density at radius 2 is 2.00 bits per heavy atom. The smallest absolute Gasteiger partial charge is 0.0645 e. The van der Waals surface area contributed by atoms with Gasteiger partial charge < -0.3 is 19.8 Å². The summed E-state index contributed by atoms with van der Waals surface area (Å²) in [7, 11) is 1.71. The molecule has 104 valence electrons. The quantitative estimate of drug-likeness (QED) is 0.742. The Kier molecular flexibility index (Phi) is 5.39. The Balaban J connectivity index is 1.95. The lowest BCUT2D eigenvalue weighted by molar-refractivity contribution is 0.0979. The molecule has 2 aromatic rings. The summed E-state index contributed by atoms with van der Waals surface area (Å²) in [6.07, 6.45) is 0.937. The molecule has 1 heterocycles. The summed E-state index contributed by atoms with van der Waals surface area (Å²) in [6.45, 7) is 3.59. The molecule has 0 saturated carbocycles. The van der Waals surface area contributed by atoms with Crippen LogP contribution >= 0.6 is 0 Å². The first-order chi connectivity index (χ1) is 9.36. The van der Waals surface area contributed by atoms with Gasteiger partial charge in [0.25, 0.3) is 0 Å². The van der Waals surface area contributed by atoms with E-state index >= 15 is 0 Å². The SMILES string of the molecule is COCCCOCCn1c(CN)cc2ccccc21. The van der Waals surface area contributed by atoms with Gasteiger partial charge in [0.15, 0.2) is 0 Å². The number of para-hydroxylation sites is 1. The van der Waals surface area contributed by atoms with Gasteiger partial charge in [-0.05, 0) is 23.9 Å². The number of rotatable bonds is 8. The summed E-state index contributed by atoms with van der Waals surface area (Å²) >= 11 is 0. The van der Waals surface area contributed by atoms with Crippen molar-refractivity contribution in [1.29, 1.82) is 0 Å². The van der Waals surface area contributed by atoms with E-state index in [0.29, 0.717) is 13.2 Å². The van der Waals surface area contributed by atoms with Gasteiger partial charge in [0.2, 0.25) is 0 Å². The van der Waals surface area contributed by atoms with Crippen LogP contribution in [0.1, 0.15) is 12.1 Å². The molecule has 2 rings (SSSR count). The first-order valence-corrected chi connectivity index (χ1v) is 6.70. The average molecular weight is 262 g/mol. The number of ether oxygens (including phenoxy) is 2. The second-order valence-electron chi connectivity index (χ2n) is 4.51. The second kappa shape index (κ2) is 7.28. The fraction of sp³-hybridized carbons (Fsp3) is 0.467. The van der Waals surface area contributed by atoms with Crippen LogP contribution in [-0.2, 0) is 22.6 Å². The maximum atomic E-state index is 5.81. The highest BCUT2D eigenvalue weighted by Gasteiger charge is 2.06. The topological polar surface area (TPSA) is 49.4 Å². The summed E-state index contributed by atoms with van der Waals surface area (Å²) in [4.78, 5) is 0. The van der Waals surface area contributed by atoms with Crippen molar-refractivity contribution < 1.29 is 9.47 Å². The molecule has 4 nitrogen and oxygen atoms in total. The van der Waals surface area contributed by atoms with E-state index in [0.717, 1.165) is 31.9 Å². The number of benzene rings is 1. The molecule has 0 atom stereocenters. The van der Waals surface area contributed by atoms with Gasteiger partial charge in [0, 0.05) is 44.6 Å². The van der Waals surface area contributed by atoms with Gasteiger partial charge in [-0.1, -0.05) is 18.2 Å². The molecule has 0 aliphatic rings. The molecule has 1 aromatic carbocycles. The minimum absolute atomic E-state index is 0.554. The molecule has 2 N–H and O–H groups in total. The zero-order chi connectivity index (χ0) is 13.5. The number of methoxy groups -OCH3 is 1. The van der Waals surface area contributed by atoms with Crippen LogP contribution in [-0.4, -0.2) is 31.5 Å². The van der Waals surface area contributed by atoms with Crippen LogP contribution in [0.3, 0.4) is 0 Å². The van der Waals surface area contributed by atoms with Crippen molar-refractivity contribution in [1.82, 2.24) is 4.57 Å². The van der Waals surface area contributed by atoms with E-state index in [1.54, 1.807) is 7.11 Å². The number of nitrogens with two attached hydrogens (primary N) is 1. The van der Waals surface area contributed by atoms with Crippen molar-refractivity contribution in [2.24, 2.45) is 5.73 Å². The van der Waals surface area contributed by atoms with E-state index in [1.807, 2.05) is 6.07 Å². The van der Waals surface area contributed by atoms with Gasteiger partial charge in [-0.15, -0.1) is 0 Å². The predicted octanol–water partition coefficient (Wildman–Crippen LogP) is 2.15. The van der Waals surface area contributed by atoms with E-state index in [-0.39, 0.29) is 0 Å². The maximum absolute atomic E-state index is 5.81. The standard InChI is InChI=1S/C15H22N2O2/c1-18-8-4-9-19-10-7-17-14(12-16)11-13-5-2-3-6-15(13)17/h2-3,5-6,11H,4,7-10,12,16H2,1H3. The number of hydrogen-bond acceptors (Lipinski definition) is 3. The normalized spacial score (nSPS) is 11.3. The maximum Gasteiger partial charge on any atom is 0.0645 e. The van der Waals surface area contributed by atoms with Gasteiger partial charge in [0.05, 0.1) is 6.61 Å². The van der Waals surface area contributed by atoms with E-state index in [2.05, 4.69) is 28.8 Å². The van der Waals surface area contributed by atoms with Crippen molar-refractivity contribution in [2.45, 2.75) is 19.5 Å². The largest absolute Gasteiger partial charge is 0.385 e. The van der Waals surface area contributed by atoms with Crippen LogP contribution < -0.4 is 5.73 Å². The van der Waals surface area contributed by atoms with Crippen molar-refractivity contribution in [3.63, 3.8) is 0 Å². The van der Waals surface area contributed by atoms with Crippen molar-refractivity contribution in [2.75, 3.05) is 26.9 Å². The fourth-order valence-electron chi connectivity index (χ4n) is 2.26. The van der Waals surface area contributed by atoms with Crippen molar-refractivity contribution >= 4 is 10.9 Å². The van der Waals surface area contributed by atoms with Crippen LogP contribution in [0.5, 0.6) is 0 Å². The minimum atomic E-state index is 0.554. The van der Waals surface area contributed by atoms with Crippen LogP contribution in [0.4, 0.5) is 0 Å². The highest BCUT2D eigenvalue weighted by Crippen LogP contribution is 2.19. The zero-order valence-corrected chi connectivity index (χ0v) is 11.5. The molecule has 0 amide bonds. The predicted molar refractivity (Wildman–Crippen MR) is 77.1 cm³/mol. The molecular formula is C15H22N2O2. The van der Waals surface area contributed by atoms with Crippen LogP contribution in [0.15, 0.2) is 30.3 Å². The molecular weight excluding hydrogens is 240 g/mol. The molecule has 0 unspecified atom stereocenters. The monoisotopic (exact) mass is 262 g/mol. The third-order valence-corrected chi connectivity index (χ3v) is 3.20. The Labute approximate surface area is 114 Å². The van der Waals surface area contributed by atoms with Crippen LogP contribution in [0.2, 0.25) is 0 Å². The number of nitrogens with zero attached hydrogens (tertiary/aromatic N) is 1. The Hall–Kier alpha value is -1.36. The third-order valence-electron chi connectivity index (χ3n) is 3.20. The van der Waals surface area contributed by atoms with Crippen LogP contribution in [0, 0.1) is 0 Å². The van der Waals surface area contributed by atoms with Crippen molar-refractivity contribution in [3.05, 3.63) is 36.0 Å². The number of aromatic nitrogens is 1. The summed E-state index contributed by atoms with van der Waals surface area (Å²) < 4.78 is 12.8. The van der Waals surface area contributed by atoms with Gasteiger partial charge in [0.1, 0.15) is 0 Å². The molecule has 1 aromatic heterocycles. The lowest BCUT2D eigenvalue weighted by Crippen LogP contribution is -2.12. The summed E-state index contributed by atoms with van der Waals surface area (Å²) in [5.74, 6) is 0. The molecule has 19 heavy (non-hydrogen) atoms. The Morgan fingerprint density at radius 1 is 1.16 bits per heavy atom. The molecule has 0 aliphatic carbocycles. The number of fused-ring (bicyclic) bond motifs is 1. The molecule has 0 spiro atoms. The molecule has 0 aliphatic heterocycles. The highest BCUT2D eigenvalue weighted by molar-refractivity contribution is 5.81. The van der Waals surface area contributed by atoms with E-state index in [9.17, 15) is 0 Å². The first kappa shape index (κ1) is 14.1. The Morgan fingerprint density at radius 3 is 2.79 bits per heavy atom. The third kappa shape index (κ3) is 3.56. The van der Waals surface area contributed by atoms with Gasteiger partial charge in [-0.25, -0.2) is 0 Å². The lowest BCUT2D eigenvalue weighted by atomic mass is 10.2. The molecule has 0 fully saturated rings. The molecule has 0 radical (unpaired) electrons. The summed E-state index contributed by atoms with van der Waals surface area (Å²) in [6, 6.07) is 10.5. The zero-order valence-electron chi connectivity index (χ0n) is 11.5. The molecule has 0 saturated heterocycles. The number of hydrogen-bond donors (Lipinski definition) is 1. The van der Waals surface area contributed by atoms with Crippen molar-refractivity contribution in [3.8, 4) is 0 Å². The van der Waals surface area contributed by atoms with E-state index < -0.39 is 0 Å². The van der Waals surface area contributed by atoms with Crippen LogP contribution in [0.25, 0.3) is 10.9 Å². The minimum Gasteiger partial charge on any atom is -0.385 e. The lowest BCUT2D eigenvalue weighted by Gasteiger charge is -2.10. The summed E-state index contributed by atoms with van der Waals surface area (Å²) in [5.41, 5.74) is 8.19. The van der Waals surface area contributed by atoms with E-state index in [4.69, 9.17) is 15.2 Å². The molecule has 0 bridgehead atoms. The Bertz CT molecular complexity index is 508. The fourth-order valence-corrected chi connectivity index (χ4v) is 2.26. The summed E-state index contributed by atoms with van der Waals surface area (Å²) in [5, 5.41) is 1.24. The van der Waals surface area contributed by atoms with Gasteiger partial charge in [-0.2, -0.15) is 0 Å². The second-order valence-corrected chi connectivity index (χ2v) is 4.51. The van der Waals surface area contributed by atoms with Gasteiger partial charge in [-0.3, -0.25) is 0 Å². The highest BCUT2D eigenvalue weighted by atomic mass is 16.5. The van der Waals surface area contributed by atoms with E-state index in [1.165, 1.54) is 10.9 Å². The first-order valence-electron chi connectivity index (χ1n) is 6.70. The average Bonchev–Trinajstić information content (AvgIpc) is 2.81.